The summed E-state index contributed by atoms with van der Waals surface area (Å²) in [5.41, 5.74) is 0.569. The third-order valence-electron chi connectivity index (χ3n) is 1.25. The SMILES string of the molecule is C=CC(=O)O.O=C(O)C1=CCC1. The Balaban J connectivity index is 0.000000217. The van der Waals surface area contributed by atoms with E-state index >= 15 is 0 Å². The Bertz CT molecular complexity index is 227. The normalized spacial score (nSPS) is 12.8. The molecule has 0 unspecified atom stereocenters. The first-order valence-electron chi connectivity index (χ1n) is 3.35. The van der Waals surface area contributed by atoms with Gasteiger partial charge in [0.15, 0.2) is 0 Å². The van der Waals surface area contributed by atoms with E-state index in [1.807, 2.05) is 0 Å². The van der Waals surface area contributed by atoms with Crippen molar-refractivity contribution in [1.29, 1.82) is 0 Å². The topological polar surface area (TPSA) is 74.6 Å². The molecule has 0 aromatic heterocycles. The highest BCUT2D eigenvalue weighted by molar-refractivity contribution is 5.87. The Morgan fingerprint density at radius 2 is 1.92 bits per heavy atom. The van der Waals surface area contributed by atoms with Crippen LogP contribution in [0.5, 0.6) is 0 Å². The van der Waals surface area contributed by atoms with Gasteiger partial charge < -0.3 is 10.2 Å². The van der Waals surface area contributed by atoms with E-state index in [9.17, 15) is 9.59 Å². The molecule has 66 valence electrons. The highest BCUT2D eigenvalue weighted by Gasteiger charge is 2.11. The van der Waals surface area contributed by atoms with Crippen molar-refractivity contribution in [1.82, 2.24) is 0 Å². The standard InChI is InChI=1S/C5H6O2.C3H4O2/c6-5(7)4-2-1-3-4;1-2-3(4)5/h2H,1,3H2,(H,6,7);2H,1H2,(H,4,5). The molecule has 0 saturated heterocycles. The molecular formula is C8H10O4. The van der Waals surface area contributed by atoms with E-state index in [1.54, 1.807) is 6.08 Å². The average Bonchev–Trinajstić information content (AvgIpc) is 1.83. The number of rotatable bonds is 2. The average molecular weight is 170 g/mol. The first-order chi connectivity index (χ1) is 5.57. The summed E-state index contributed by atoms with van der Waals surface area (Å²) >= 11 is 0. The predicted molar refractivity (Wildman–Crippen MR) is 42.8 cm³/mol. The van der Waals surface area contributed by atoms with E-state index in [4.69, 9.17) is 10.2 Å². The molecular weight excluding hydrogens is 160 g/mol. The quantitative estimate of drug-likeness (QED) is 0.607. The molecule has 2 N–H and O–H groups in total. The van der Waals surface area contributed by atoms with Crippen LogP contribution >= 0.6 is 0 Å². The maximum Gasteiger partial charge on any atom is 0.331 e. The zero-order valence-electron chi connectivity index (χ0n) is 6.49. The lowest BCUT2D eigenvalue weighted by Gasteiger charge is -2.06. The second kappa shape index (κ2) is 5.12. The van der Waals surface area contributed by atoms with Crippen LogP contribution in [0.1, 0.15) is 12.8 Å². The highest BCUT2D eigenvalue weighted by atomic mass is 16.4. The molecule has 0 bridgehead atoms. The Morgan fingerprint density at radius 3 is 1.92 bits per heavy atom. The minimum Gasteiger partial charge on any atom is -0.478 e. The monoisotopic (exact) mass is 170 g/mol. The van der Waals surface area contributed by atoms with Crippen LogP contribution in [-0.2, 0) is 9.59 Å². The molecule has 0 amide bonds. The van der Waals surface area contributed by atoms with Gasteiger partial charge in [0.05, 0.1) is 0 Å². The summed E-state index contributed by atoms with van der Waals surface area (Å²) in [7, 11) is 0. The van der Waals surface area contributed by atoms with Crippen LogP contribution in [-0.4, -0.2) is 22.2 Å². The second-order valence-electron chi connectivity index (χ2n) is 2.12. The summed E-state index contributed by atoms with van der Waals surface area (Å²) in [6.45, 7) is 2.96. The van der Waals surface area contributed by atoms with Crippen LogP contribution in [0.25, 0.3) is 0 Å². The van der Waals surface area contributed by atoms with Crippen molar-refractivity contribution < 1.29 is 19.8 Å². The van der Waals surface area contributed by atoms with Crippen molar-refractivity contribution in [3.05, 3.63) is 24.3 Å². The van der Waals surface area contributed by atoms with Crippen molar-refractivity contribution in [2.45, 2.75) is 12.8 Å². The molecule has 1 rings (SSSR count). The third kappa shape index (κ3) is 4.27. The van der Waals surface area contributed by atoms with Gasteiger partial charge in [-0.25, -0.2) is 9.59 Å². The lowest BCUT2D eigenvalue weighted by Crippen LogP contribution is -2.05. The van der Waals surface area contributed by atoms with Crippen molar-refractivity contribution in [2.75, 3.05) is 0 Å². The van der Waals surface area contributed by atoms with Gasteiger partial charge in [-0.3, -0.25) is 0 Å². The summed E-state index contributed by atoms with van der Waals surface area (Å²) in [4.78, 5) is 19.2. The van der Waals surface area contributed by atoms with Gasteiger partial charge in [0.25, 0.3) is 0 Å². The smallest absolute Gasteiger partial charge is 0.331 e. The summed E-state index contributed by atoms with van der Waals surface area (Å²) < 4.78 is 0. The number of carbonyl (C=O) groups is 2. The summed E-state index contributed by atoms with van der Waals surface area (Å²) in [5.74, 6) is -1.74. The summed E-state index contributed by atoms with van der Waals surface area (Å²) in [6.07, 6.45) is 4.28. The molecule has 0 aromatic rings. The minimum absolute atomic E-state index is 0.569. The van der Waals surface area contributed by atoms with E-state index < -0.39 is 11.9 Å². The summed E-state index contributed by atoms with van der Waals surface area (Å²) in [6, 6.07) is 0. The first-order valence-corrected chi connectivity index (χ1v) is 3.35. The van der Waals surface area contributed by atoms with E-state index in [2.05, 4.69) is 6.58 Å². The van der Waals surface area contributed by atoms with E-state index in [1.165, 1.54) is 0 Å². The van der Waals surface area contributed by atoms with Crippen LogP contribution in [0.4, 0.5) is 0 Å². The molecule has 4 nitrogen and oxygen atoms in total. The fourth-order valence-electron chi connectivity index (χ4n) is 0.483. The molecule has 0 radical (unpaired) electrons. The largest absolute Gasteiger partial charge is 0.478 e. The Labute approximate surface area is 69.8 Å². The Kier molecular flexibility index (Phi) is 4.45. The number of hydrogen-bond donors (Lipinski definition) is 2. The van der Waals surface area contributed by atoms with E-state index in [0.29, 0.717) is 5.57 Å². The maximum atomic E-state index is 9.91. The van der Waals surface area contributed by atoms with E-state index in [-0.39, 0.29) is 0 Å². The van der Waals surface area contributed by atoms with Gasteiger partial charge in [0.2, 0.25) is 0 Å². The molecule has 0 aliphatic heterocycles. The van der Waals surface area contributed by atoms with Crippen LogP contribution in [0.3, 0.4) is 0 Å². The molecule has 0 fully saturated rings. The molecule has 0 saturated carbocycles. The minimum atomic E-state index is -0.981. The maximum absolute atomic E-state index is 9.91. The third-order valence-corrected chi connectivity index (χ3v) is 1.25. The number of allylic oxidation sites excluding steroid dienone is 1. The lowest BCUT2D eigenvalue weighted by atomic mass is 10.00. The van der Waals surface area contributed by atoms with Gasteiger partial charge in [0, 0.05) is 11.6 Å². The van der Waals surface area contributed by atoms with Gasteiger partial charge in [-0.2, -0.15) is 0 Å². The first kappa shape index (κ1) is 10.4. The van der Waals surface area contributed by atoms with Gasteiger partial charge >= 0.3 is 11.9 Å². The Morgan fingerprint density at radius 1 is 1.50 bits per heavy atom. The van der Waals surface area contributed by atoms with Crippen molar-refractivity contribution in [2.24, 2.45) is 0 Å². The molecule has 1 aliphatic rings. The molecule has 0 aromatic carbocycles. The number of carboxylic acids is 2. The molecule has 0 spiro atoms. The zero-order chi connectivity index (χ0) is 9.56. The van der Waals surface area contributed by atoms with Crippen LogP contribution in [0, 0.1) is 0 Å². The fraction of sp³-hybridized carbons (Fsp3) is 0.250. The molecule has 0 heterocycles. The lowest BCUT2D eigenvalue weighted by molar-refractivity contribution is -0.133. The molecule has 1 aliphatic carbocycles. The number of aliphatic carboxylic acids is 2. The summed E-state index contributed by atoms with van der Waals surface area (Å²) in [5, 5.41) is 15.8. The number of carboxylic acid groups (broad SMARTS) is 2. The predicted octanol–water partition coefficient (Wildman–Crippen LogP) is 1.05. The second-order valence-corrected chi connectivity index (χ2v) is 2.12. The van der Waals surface area contributed by atoms with Crippen LogP contribution in [0.15, 0.2) is 24.3 Å². The van der Waals surface area contributed by atoms with Crippen LogP contribution in [0.2, 0.25) is 0 Å². The van der Waals surface area contributed by atoms with Gasteiger partial charge in [-0.15, -0.1) is 0 Å². The molecule has 0 atom stereocenters. The van der Waals surface area contributed by atoms with Gasteiger partial charge in [0.1, 0.15) is 0 Å². The Hall–Kier alpha value is -1.58. The molecule has 4 heteroatoms. The van der Waals surface area contributed by atoms with E-state index in [0.717, 1.165) is 18.9 Å². The van der Waals surface area contributed by atoms with Gasteiger partial charge in [-0.1, -0.05) is 12.7 Å². The highest BCUT2D eigenvalue weighted by Crippen LogP contribution is 2.16. The zero-order valence-corrected chi connectivity index (χ0v) is 6.49. The van der Waals surface area contributed by atoms with Crippen molar-refractivity contribution in [3.63, 3.8) is 0 Å². The molecule has 12 heavy (non-hydrogen) atoms. The van der Waals surface area contributed by atoms with Crippen molar-refractivity contribution >= 4 is 11.9 Å². The van der Waals surface area contributed by atoms with Crippen molar-refractivity contribution in [3.8, 4) is 0 Å². The fourth-order valence-corrected chi connectivity index (χ4v) is 0.483. The van der Waals surface area contributed by atoms with Crippen LogP contribution < -0.4 is 0 Å². The number of hydrogen-bond acceptors (Lipinski definition) is 2. The van der Waals surface area contributed by atoms with Gasteiger partial charge in [-0.05, 0) is 12.8 Å².